The molecule has 0 aliphatic carbocycles. The average molecular weight is 297 g/mol. The SMILES string of the molecule is CC1CN(CC(=O)NNC(=O)c2cccs2)CCC1O. The third kappa shape index (κ3) is 4.03. The number of rotatable bonds is 3. The van der Waals surface area contributed by atoms with E-state index in [9.17, 15) is 14.7 Å². The second kappa shape index (κ2) is 6.83. The van der Waals surface area contributed by atoms with Gasteiger partial charge in [0.05, 0.1) is 17.5 Å². The summed E-state index contributed by atoms with van der Waals surface area (Å²) in [4.78, 5) is 25.9. The number of carbonyl (C=O) groups excluding carboxylic acids is 2. The van der Waals surface area contributed by atoms with Crippen molar-refractivity contribution in [2.24, 2.45) is 5.92 Å². The van der Waals surface area contributed by atoms with E-state index in [0.717, 1.165) is 0 Å². The van der Waals surface area contributed by atoms with Crippen molar-refractivity contribution in [1.29, 1.82) is 0 Å². The number of nitrogens with one attached hydrogen (secondary N) is 2. The minimum Gasteiger partial charge on any atom is -0.393 e. The number of aliphatic hydroxyl groups is 1. The van der Waals surface area contributed by atoms with E-state index in [1.165, 1.54) is 11.3 Å². The lowest BCUT2D eigenvalue weighted by atomic mass is 9.97. The highest BCUT2D eigenvalue weighted by Crippen LogP contribution is 2.15. The third-order valence-electron chi connectivity index (χ3n) is 3.37. The molecule has 2 rings (SSSR count). The first kappa shape index (κ1) is 15.0. The van der Waals surface area contributed by atoms with E-state index in [4.69, 9.17) is 0 Å². The molecule has 7 heteroatoms. The summed E-state index contributed by atoms with van der Waals surface area (Å²) in [5.41, 5.74) is 4.80. The molecule has 6 nitrogen and oxygen atoms in total. The van der Waals surface area contributed by atoms with E-state index in [1.54, 1.807) is 17.5 Å². The zero-order chi connectivity index (χ0) is 14.5. The zero-order valence-corrected chi connectivity index (χ0v) is 12.2. The highest BCUT2D eigenvalue weighted by Gasteiger charge is 2.25. The number of thiophene rings is 1. The quantitative estimate of drug-likeness (QED) is 0.697. The number of hydrogen-bond donors (Lipinski definition) is 3. The fourth-order valence-electron chi connectivity index (χ4n) is 2.20. The van der Waals surface area contributed by atoms with Gasteiger partial charge in [0, 0.05) is 13.1 Å². The summed E-state index contributed by atoms with van der Waals surface area (Å²) >= 11 is 1.32. The molecule has 0 radical (unpaired) electrons. The van der Waals surface area contributed by atoms with Crippen LogP contribution in [0, 0.1) is 5.92 Å². The Bertz CT molecular complexity index is 463. The van der Waals surface area contributed by atoms with E-state index in [-0.39, 0.29) is 30.4 Å². The van der Waals surface area contributed by atoms with Crippen LogP contribution in [-0.2, 0) is 4.79 Å². The molecule has 1 aliphatic rings. The summed E-state index contributed by atoms with van der Waals surface area (Å²) in [5.74, 6) is -0.397. The second-order valence-electron chi connectivity index (χ2n) is 5.05. The van der Waals surface area contributed by atoms with Crippen molar-refractivity contribution in [2.75, 3.05) is 19.6 Å². The topological polar surface area (TPSA) is 81.7 Å². The molecule has 1 aromatic heterocycles. The van der Waals surface area contributed by atoms with E-state index >= 15 is 0 Å². The Morgan fingerprint density at radius 3 is 2.95 bits per heavy atom. The van der Waals surface area contributed by atoms with Crippen LogP contribution in [0.25, 0.3) is 0 Å². The highest BCUT2D eigenvalue weighted by molar-refractivity contribution is 7.12. The maximum atomic E-state index is 11.7. The first-order valence-corrected chi connectivity index (χ1v) is 7.47. The Kier molecular flexibility index (Phi) is 5.11. The minimum absolute atomic E-state index is 0.164. The number of amides is 2. The molecule has 0 aromatic carbocycles. The second-order valence-corrected chi connectivity index (χ2v) is 6.00. The highest BCUT2D eigenvalue weighted by atomic mass is 32.1. The van der Waals surface area contributed by atoms with Gasteiger partial charge in [0.2, 0.25) is 0 Å². The van der Waals surface area contributed by atoms with E-state index < -0.39 is 0 Å². The maximum absolute atomic E-state index is 11.7. The summed E-state index contributed by atoms with van der Waals surface area (Å²) in [6.07, 6.45) is 0.392. The van der Waals surface area contributed by atoms with Gasteiger partial charge in [-0.2, -0.15) is 0 Å². The molecular formula is C13H19N3O3S. The lowest BCUT2D eigenvalue weighted by Crippen LogP contribution is -2.49. The van der Waals surface area contributed by atoms with Crippen LogP contribution in [0.4, 0.5) is 0 Å². The number of piperidine rings is 1. The normalized spacial score (nSPS) is 23.3. The van der Waals surface area contributed by atoms with Gasteiger partial charge >= 0.3 is 0 Å². The van der Waals surface area contributed by atoms with Crippen molar-refractivity contribution in [1.82, 2.24) is 15.8 Å². The molecule has 1 fully saturated rings. The largest absolute Gasteiger partial charge is 0.393 e. The van der Waals surface area contributed by atoms with Crippen molar-refractivity contribution in [3.8, 4) is 0 Å². The first-order valence-electron chi connectivity index (χ1n) is 6.59. The monoisotopic (exact) mass is 297 g/mol. The van der Waals surface area contributed by atoms with Gasteiger partial charge in [-0.25, -0.2) is 0 Å². The molecule has 2 amide bonds. The van der Waals surface area contributed by atoms with Crippen LogP contribution >= 0.6 is 11.3 Å². The van der Waals surface area contributed by atoms with Crippen LogP contribution in [0.15, 0.2) is 17.5 Å². The van der Waals surface area contributed by atoms with Gasteiger partial charge in [-0.15, -0.1) is 11.3 Å². The Morgan fingerprint density at radius 1 is 1.50 bits per heavy atom. The van der Waals surface area contributed by atoms with Crippen LogP contribution < -0.4 is 10.9 Å². The number of hydrogen-bond acceptors (Lipinski definition) is 5. The molecule has 2 heterocycles. The standard InChI is InChI=1S/C13H19N3O3S/c1-9-7-16(5-4-10(9)17)8-12(18)14-15-13(19)11-3-2-6-20-11/h2-3,6,9-10,17H,4-5,7-8H2,1H3,(H,14,18)(H,15,19). The molecule has 0 bridgehead atoms. The van der Waals surface area contributed by atoms with Crippen LogP contribution in [0.2, 0.25) is 0 Å². The average Bonchev–Trinajstić information content (AvgIpc) is 2.94. The third-order valence-corrected chi connectivity index (χ3v) is 4.24. The smallest absolute Gasteiger partial charge is 0.279 e. The molecule has 110 valence electrons. The van der Waals surface area contributed by atoms with Gasteiger partial charge in [-0.1, -0.05) is 13.0 Å². The molecule has 1 aliphatic heterocycles. The lowest BCUT2D eigenvalue weighted by Gasteiger charge is -2.33. The number of nitrogens with zero attached hydrogens (tertiary/aromatic N) is 1. The fraction of sp³-hybridized carbons (Fsp3) is 0.538. The summed E-state index contributed by atoms with van der Waals surface area (Å²) in [6.45, 7) is 3.57. The molecule has 0 spiro atoms. The molecular weight excluding hydrogens is 278 g/mol. The van der Waals surface area contributed by atoms with Crippen LogP contribution in [0.1, 0.15) is 23.0 Å². The Morgan fingerprint density at radius 2 is 2.30 bits per heavy atom. The Balaban J connectivity index is 1.72. The van der Waals surface area contributed by atoms with Crippen molar-refractivity contribution in [3.63, 3.8) is 0 Å². The van der Waals surface area contributed by atoms with Gasteiger partial charge in [0.15, 0.2) is 0 Å². The van der Waals surface area contributed by atoms with Crippen molar-refractivity contribution in [3.05, 3.63) is 22.4 Å². The van der Waals surface area contributed by atoms with Gasteiger partial charge in [-0.3, -0.25) is 25.3 Å². The predicted molar refractivity (Wildman–Crippen MR) is 76.2 cm³/mol. The van der Waals surface area contributed by atoms with E-state index in [1.807, 2.05) is 11.8 Å². The zero-order valence-electron chi connectivity index (χ0n) is 11.3. The maximum Gasteiger partial charge on any atom is 0.279 e. The van der Waals surface area contributed by atoms with Crippen LogP contribution in [0.3, 0.4) is 0 Å². The minimum atomic E-state index is -0.309. The van der Waals surface area contributed by atoms with E-state index in [2.05, 4.69) is 10.9 Å². The summed E-state index contributed by atoms with van der Waals surface area (Å²) < 4.78 is 0. The molecule has 0 saturated carbocycles. The molecule has 1 aromatic rings. The first-order chi connectivity index (χ1) is 9.56. The number of hydrazine groups is 1. The number of likely N-dealkylation sites (tertiary alicyclic amines) is 1. The van der Waals surface area contributed by atoms with Crippen LogP contribution in [-0.4, -0.2) is 47.6 Å². The predicted octanol–water partition coefficient (Wildman–Crippen LogP) is 0.212. The van der Waals surface area contributed by atoms with Crippen molar-refractivity contribution < 1.29 is 14.7 Å². The fourth-order valence-corrected chi connectivity index (χ4v) is 2.82. The molecule has 2 atom stereocenters. The summed E-state index contributed by atoms with van der Waals surface area (Å²) in [7, 11) is 0. The molecule has 2 unspecified atom stereocenters. The van der Waals surface area contributed by atoms with Crippen LogP contribution in [0.5, 0.6) is 0 Å². The Labute approximate surface area is 121 Å². The lowest BCUT2D eigenvalue weighted by molar-refractivity contribution is -0.124. The van der Waals surface area contributed by atoms with Gasteiger partial charge < -0.3 is 5.11 Å². The Hall–Kier alpha value is -1.44. The van der Waals surface area contributed by atoms with Crippen molar-refractivity contribution in [2.45, 2.75) is 19.4 Å². The van der Waals surface area contributed by atoms with E-state index in [0.29, 0.717) is 24.4 Å². The number of aliphatic hydroxyl groups excluding tert-OH is 1. The number of carbonyl (C=O) groups is 2. The molecule has 3 N–H and O–H groups in total. The molecule has 1 saturated heterocycles. The summed E-state index contributed by atoms with van der Waals surface area (Å²) in [5, 5.41) is 11.4. The van der Waals surface area contributed by atoms with Gasteiger partial charge in [0.1, 0.15) is 0 Å². The van der Waals surface area contributed by atoms with Crippen molar-refractivity contribution >= 4 is 23.2 Å². The molecule has 20 heavy (non-hydrogen) atoms. The summed E-state index contributed by atoms with van der Waals surface area (Å²) in [6, 6.07) is 3.47. The van der Waals surface area contributed by atoms with Gasteiger partial charge in [0.25, 0.3) is 11.8 Å². The van der Waals surface area contributed by atoms with Gasteiger partial charge in [-0.05, 0) is 23.8 Å².